The predicted octanol–water partition coefficient (Wildman–Crippen LogP) is 8.00. The molecule has 0 aromatic rings. The molecule has 0 spiro atoms. The summed E-state index contributed by atoms with van der Waals surface area (Å²) in [6, 6.07) is 0. The molecule has 3 nitrogen and oxygen atoms in total. The highest BCUT2D eigenvalue weighted by atomic mass is 16.5. The van der Waals surface area contributed by atoms with Gasteiger partial charge in [0, 0.05) is 29.7 Å². The van der Waals surface area contributed by atoms with E-state index in [0.29, 0.717) is 24.0 Å². The lowest BCUT2D eigenvalue weighted by Crippen LogP contribution is -2.57. The number of ether oxygens (including phenoxy) is 1. The summed E-state index contributed by atoms with van der Waals surface area (Å²) in [6.45, 7) is 21.8. The summed E-state index contributed by atoms with van der Waals surface area (Å²) in [5.41, 5.74) is 3.69. The zero-order valence-corrected chi connectivity index (χ0v) is 23.6. The third-order valence-corrected chi connectivity index (χ3v) is 11.5. The lowest BCUT2D eigenvalue weighted by molar-refractivity contribution is -0.168. The van der Waals surface area contributed by atoms with Gasteiger partial charge in [-0.1, -0.05) is 71.4 Å². The molecular formula is C32H48O3. The van der Waals surface area contributed by atoms with Gasteiger partial charge in [0.25, 0.3) is 0 Å². The molecule has 3 heteroatoms. The van der Waals surface area contributed by atoms with Crippen LogP contribution in [0.25, 0.3) is 0 Å². The predicted molar refractivity (Wildman–Crippen MR) is 143 cm³/mol. The van der Waals surface area contributed by atoms with E-state index in [4.69, 9.17) is 4.74 Å². The van der Waals surface area contributed by atoms with Gasteiger partial charge >= 0.3 is 5.97 Å². The fraction of sp³-hybridized carbons (Fsp3) is 0.750. The molecule has 0 bridgehead atoms. The van der Waals surface area contributed by atoms with E-state index in [1.165, 1.54) is 30.9 Å². The van der Waals surface area contributed by atoms with Gasteiger partial charge in [-0.3, -0.25) is 9.59 Å². The van der Waals surface area contributed by atoms with Gasteiger partial charge in [-0.05, 0) is 80.5 Å². The number of fused-ring (bicyclic) bond motifs is 4. The molecule has 35 heavy (non-hydrogen) atoms. The SMILES string of the molecule is C=C(C)/C=C/C[C@H](C)[C@@H]1CC[C@]2(C)C3=C(CC[C@@]12C)[C@@]1(C)CC[C@H](OC(C)=O)C(C)(C)[C@@H]1CC3=O. The molecular weight excluding hydrogens is 432 g/mol. The minimum Gasteiger partial charge on any atom is -0.462 e. The molecule has 4 aliphatic carbocycles. The second kappa shape index (κ2) is 8.73. The summed E-state index contributed by atoms with van der Waals surface area (Å²) in [7, 11) is 0. The van der Waals surface area contributed by atoms with Gasteiger partial charge in [0.05, 0.1) is 0 Å². The van der Waals surface area contributed by atoms with Crippen molar-refractivity contribution >= 4 is 11.8 Å². The average molecular weight is 481 g/mol. The van der Waals surface area contributed by atoms with Crippen LogP contribution in [0.2, 0.25) is 0 Å². The van der Waals surface area contributed by atoms with Crippen molar-refractivity contribution in [3.8, 4) is 0 Å². The lowest BCUT2D eigenvalue weighted by atomic mass is 9.43. The van der Waals surface area contributed by atoms with Crippen LogP contribution in [0.1, 0.15) is 107 Å². The fourth-order valence-electron chi connectivity index (χ4n) is 9.35. The summed E-state index contributed by atoms with van der Waals surface area (Å²) < 4.78 is 5.79. The van der Waals surface area contributed by atoms with E-state index < -0.39 is 0 Å². The molecule has 0 N–H and O–H groups in total. The highest BCUT2D eigenvalue weighted by Gasteiger charge is 2.65. The van der Waals surface area contributed by atoms with Crippen LogP contribution in [0.5, 0.6) is 0 Å². The first-order valence-electron chi connectivity index (χ1n) is 13.9. The van der Waals surface area contributed by atoms with Crippen molar-refractivity contribution in [3.05, 3.63) is 35.5 Å². The average Bonchev–Trinajstić information content (AvgIpc) is 3.02. The van der Waals surface area contributed by atoms with E-state index in [0.717, 1.165) is 37.7 Å². The maximum atomic E-state index is 14.1. The molecule has 0 radical (unpaired) electrons. The number of ketones is 1. The Morgan fingerprint density at radius 1 is 1.11 bits per heavy atom. The quantitative estimate of drug-likeness (QED) is 0.296. The van der Waals surface area contributed by atoms with Crippen LogP contribution in [0, 0.1) is 39.4 Å². The van der Waals surface area contributed by atoms with Gasteiger partial charge in [0.1, 0.15) is 6.10 Å². The molecule has 0 unspecified atom stereocenters. The Kier molecular flexibility index (Phi) is 6.59. The molecule has 4 rings (SSSR count). The number of rotatable bonds is 5. The Bertz CT molecular complexity index is 983. The maximum Gasteiger partial charge on any atom is 0.302 e. The third-order valence-electron chi connectivity index (χ3n) is 11.5. The summed E-state index contributed by atoms with van der Waals surface area (Å²) in [6.07, 6.45) is 12.4. The van der Waals surface area contributed by atoms with Crippen LogP contribution in [-0.2, 0) is 14.3 Å². The molecule has 0 aliphatic heterocycles. The second-order valence-corrected chi connectivity index (χ2v) is 13.8. The summed E-state index contributed by atoms with van der Waals surface area (Å²) in [4.78, 5) is 25.9. The zero-order chi connectivity index (χ0) is 26.0. The lowest BCUT2D eigenvalue weighted by Gasteiger charge is -2.61. The first kappa shape index (κ1) is 26.4. The van der Waals surface area contributed by atoms with Crippen molar-refractivity contribution in [2.45, 2.75) is 113 Å². The summed E-state index contributed by atoms with van der Waals surface area (Å²) in [5, 5.41) is 0. The van der Waals surface area contributed by atoms with Gasteiger partial charge in [-0.2, -0.15) is 0 Å². The molecule has 0 saturated heterocycles. The number of carbonyl (C=O) groups excluding carboxylic acids is 2. The fourth-order valence-corrected chi connectivity index (χ4v) is 9.35. The topological polar surface area (TPSA) is 43.4 Å². The minimum absolute atomic E-state index is 0.0155. The van der Waals surface area contributed by atoms with E-state index in [1.807, 2.05) is 6.92 Å². The minimum atomic E-state index is -0.211. The molecule has 0 aromatic carbocycles. The summed E-state index contributed by atoms with van der Waals surface area (Å²) >= 11 is 0. The molecule has 0 aromatic heterocycles. The van der Waals surface area contributed by atoms with Crippen molar-refractivity contribution in [3.63, 3.8) is 0 Å². The van der Waals surface area contributed by atoms with E-state index in [9.17, 15) is 9.59 Å². The standard InChI is InChI=1S/C32H48O3/c1-20(2)11-10-12-21(3)23-13-18-32(9)28-24(14-17-31(23,32)8)30(7)16-15-27(35-22(4)33)29(5,6)26(30)19-25(28)34/h10-11,21,23,26-27H,1,12-19H2,2-9H3/b11-10+/t21-,23-,26-,27-,30+,31-,32+/m0/s1. The number of carbonyl (C=O) groups is 2. The van der Waals surface area contributed by atoms with E-state index >= 15 is 0 Å². The van der Waals surface area contributed by atoms with Crippen LogP contribution in [0.15, 0.2) is 35.5 Å². The van der Waals surface area contributed by atoms with Gasteiger partial charge < -0.3 is 4.74 Å². The number of esters is 1. The number of Topliss-reactive ketones (excluding diaryl/α,β-unsaturated/α-hetero) is 1. The van der Waals surface area contributed by atoms with Crippen molar-refractivity contribution in [2.75, 3.05) is 0 Å². The number of allylic oxidation sites excluding steroid dienone is 5. The number of hydrogen-bond donors (Lipinski definition) is 0. The molecule has 4 aliphatic rings. The van der Waals surface area contributed by atoms with Crippen LogP contribution >= 0.6 is 0 Å². The maximum absolute atomic E-state index is 14.1. The van der Waals surface area contributed by atoms with Crippen LogP contribution in [0.3, 0.4) is 0 Å². The van der Waals surface area contributed by atoms with Gasteiger partial charge in [-0.25, -0.2) is 0 Å². The van der Waals surface area contributed by atoms with Gasteiger partial charge in [-0.15, -0.1) is 0 Å². The summed E-state index contributed by atoms with van der Waals surface area (Å²) in [5.74, 6) is 1.61. The van der Waals surface area contributed by atoms with Crippen molar-refractivity contribution in [2.24, 2.45) is 39.4 Å². The molecule has 0 heterocycles. The molecule has 7 atom stereocenters. The van der Waals surface area contributed by atoms with Crippen molar-refractivity contribution < 1.29 is 14.3 Å². The molecule has 2 saturated carbocycles. The normalized spacial score (nSPS) is 41.3. The third kappa shape index (κ3) is 3.91. The van der Waals surface area contributed by atoms with Crippen molar-refractivity contribution in [1.29, 1.82) is 0 Å². The zero-order valence-electron chi connectivity index (χ0n) is 23.6. The first-order chi connectivity index (χ1) is 16.2. The Morgan fingerprint density at radius 3 is 2.43 bits per heavy atom. The Hall–Kier alpha value is -1.64. The second-order valence-electron chi connectivity index (χ2n) is 13.8. The van der Waals surface area contributed by atoms with Crippen LogP contribution < -0.4 is 0 Å². The van der Waals surface area contributed by atoms with Crippen LogP contribution in [0.4, 0.5) is 0 Å². The molecule has 194 valence electrons. The van der Waals surface area contributed by atoms with Crippen molar-refractivity contribution in [1.82, 2.24) is 0 Å². The van der Waals surface area contributed by atoms with E-state index in [-0.39, 0.29) is 39.7 Å². The monoisotopic (exact) mass is 480 g/mol. The number of hydrogen-bond acceptors (Lipinski definition) is 3. The molecule has 2 fully saturated rings. The largest absolute Gasteiger partial charge is 0.462 e. The van der Waals surface area contributed by atoms with Crippen LogP contribution in [-0.4, -0.2) is 17.9 Å². The smallest absolute Gasteiger partial charge is 0.302 e. The van der Waals surface area contributed by atoms with E-state index in [1.54, 1.807) is 0 Å². The Labute approximate surface area is 213 Å². The van der Waals surface area contributed by atoms with E-state index in [2.05, 4.69) is 60.3 Å². The highest BCUT2D eigenvalue weighted by Crippen LogP contribution is 2.72. The Morgan fingerprint density at radius 2 is 1.80 bits per heavy atom. The Balaban J connectivity index is 1.70. The van der Waals surface area contributed by atoms with Gasteiger partial charge in [0.2, 0.25) is 0 Å². The highest BCUT2D eigenvalue weighted by molar-refractivity contribution is 5.99. The molecule has 0 amide bonds. The van der Waals surface area contributed by atoms with Gasteiger partial charge in [0.15, 0.2) is 5.78 Å². The first-order valence-corrected chi connectivity index (χ1v) is 13.9.